The smallest absolute Gasteiger partial charge is 0.275 e. The fourth-order valence-corrected chi connectivity index (χ4v) is 1.30. The number of hydrogen-bond donors (Lipinski definition) is 0. The van der Waals surface area contributed by atoms with Crippen LogP contribution in [0.5, 0.6) is 0 Å². The third-order valence-corrected chi connectivity index (χ3v) is 2.98. The van der Waals surface area contributed by atoms with Crippen LogP contribution in [0.2, 0.25) is 0 Å². The largest absolute Gasteiger partial charge is 0.439 e. The van der Waals surface area contributed by atoms with Crippen LogP contribution in [0.3, 0.4) is 0 Å². The Balaban J connectivity index is 3.04. The number of halogens is 2. The molecule has 68 valence electrons. The van der Waals surface area contributed by atoms with E-state index in [4.69, 9.17) is 28.3 Å². The first-order valence-electron chi connectivity index (χ1n) is 3.47. The van der Waals surface area contributed by atoms with Gasteiger partial charge in [-0.1, -0.05) is 0 Å². The molecule has 0 aromatic rings. The van der Waals surface area contributed by atoms with Gasteiger partial charge in [0.1, 0.15) is 0 Å². The maximum absolute atomic E-state index is 11.0. The fraction of sp³-hybridized carbons (Fsp3) is 0.571. The number of hydrogen-bond acceptors (Lipinski definition) is 2. The SMILES string of the molecule is CC(=O)C1=COC(C)(C)[N+]1(Cl)Cl. The minimum absolute atomic E-state index is 0.189. The van der Waals surface area contributed by atoms with Crippen molar-refractivity contribution in [3.63, 3.8) is 0 Å². The second kappa shape index (κ2) is 2.62. The van der Waals surface area contributed by atoms with Gasteiger partial charge in [0.25, 0.3) is 11.4 Å². The summed E-state index contributed by atoms with van der Waals surface area (Å²) in [6.45, 7) is 4.81. The maximum Gasteiger partial charge on any atom is 0.275 e. The third-order valence-electron chi connectivity index (χ3n) is 1.80. The summed E-state index contributed by atoms with van der Waals surface area (Å²) in [6, 6.07) is 0. The Hall–Kier alpha value is -0.250. The van der Waals surface area contributed by atoms with E-state index >= 15 is 0 Å². The van der Waals surface area contributed by atoms with E-state index in [0.717, 1.165) is 0 Å². The van der Waals surface area contributed by atoms with Crippen molar-refractivity contribution in [1.82, 2.24) is 0 Å². The van der Waals surface area contributed by atoms with Crippen molar-refractivity contribution in [2.24, 2.45) is 0 Å². The number of carbonyl (C=O) groups is 1. The molecule has 1 rings (SSSR count). The van der Waals surface area contributed by atoms with E-state index in [9.17, 15) is 4.79 Å². The predicted octanol–water partition coefficient (Wildman–Crippen LogP) is 2.31. The average molecular weight is 211 g/mol. The first kappa shape index (κ1) is 9.84. The maximum atomic E-state index is 11.0. The highest BCUT2D eigenvalue weighted by Gasteiger charge is 2.55. The Labute approximate surface area is 81.3 Å². The molecule has 0 amide bonds. The van der Waals surface area contributed by atoms with Crippen LogP contribution < -0.4 is 0 Å². The summed E-state index contributed by atoms with van der Waals surface area (Å²) >= 11 is 11.8. The van der Waals surface area contributed by atoms with Crippen LogP contribution in [-0.2, 0) is 9.53 Å². The molecule has 0 aromatic carbocycles. The van der Waals surface area contributed by atoms with Crippen molar-refractivity contribution in [3.8, 4) is 0 Å². The number of ketones is 1. The predicted molar refractivity (Wildman–Crippen MR) is 45.9 cm³/mol. The van der Waals surface area contributed by atoms with Gasteiger partial charge in [0.15, 0.2) is 29.8 Å². The zero-order chi connectivity index (χ0) is 9.57. The topological polar surface area (TPSA) is 26.3 Å². The molecule has 0 N–H and O–H groups in total. The highest BCUT2D eigenvalue weighted by atomic mass is 35.5. The van der Waals surface area contributed by atoms with E-state index in [-0.39, 0.29) is 11.5 Å². The standard InChI is InChI=1S/C7H10Cl2NO2/c1-5(11)6-4-12-7(2,3)10(6,8)9/h4H,1-3H3/q+1. The molecule has 1 aliphatic rings. The molecule has 0 spiro atoms. The second-order valence-electron chi connectivity index (χ2n) is 3.14. The lowest BCUT2D eigenvalue weighted by Gasteiger charge is -2.27. The highest BCUT2D eigenvalue weighted by Crippen LogP contribution is 2.43. The van der Waals surface area contributed by atoms with Crippen LogP contribution in [0.1, 0.15) is 20.8 Å². The van der Waals surface area contributed by atoms with Gasteiger partial charge in [-0.2, -0.15) is 0 Å². The Kier molecular flexibility index (Phi) is 2.15. The van der Waals surface area contributed by atoms with Crippen LogP contribution in [0.15, 0.2) is 12.0 Å². The Bertz CT molecular complexity index is 258. The second-order valence-corrected chi connectivity index (χ2v) is 4.32. The van der Waals surface area contributed by atoms with Gasteiger partial charge < -0.3 is 4.74 Å². The van der Waals surface area contributed by atoms with Crippen molar-refractivity contribution in [3.05, 3.63) is 12.0 Å². The summed E-state index contributed by atoms with van der Waals surface area (Å²) in [5, 5.41) is 0. The first-order valence-corrected chi connectivity index (χ1v) is 4.14. The average Bonchev–Trinajstić information content (AvgIpc) is 2.03. The van der Waals surface area contributed by atoms with Crippen LogP contribution in [0.25, 0.3) is 0 Å². The Morgan fingerprint density at radius 1 is 1.58 bits per heavy atom. The van der Waals surface area contributed by atoms with Crippen molar-refractivity contribution >= 4 is 29.3 Å². The number of allylic oxidation sites excluding steroid dienone is 1. The summed E-state index contributed by atoms with van der Waals surface area (Å²) in [4.78, 5) is 11.0. The van der Waals surface area contributed by atoms with Crippen LogP contribution in [0.4, 0.5) is 0 Å². The molecule has 0 aliphatic carbocycles. The number of nitrogens with zero attached hydrogens (tertiary/aromatic N) is 1. The molecule has 12 heavy (non-hydrogen) atoms. The van der Waals surface area contributed by atoms with Gasteiger partial charge >= 0.3 is 0 Å². The Morgan fingerprint density at radius 2 is 2.08 bits per heavy atom. The number of carbonyl (C=O) groups excluding carboxylic acids is 1. The van der Waals surface area contributed by atoms with Crippen molar-refractivity contribution < 1.29 is 13.1 Å². The minimum atomic E-state index is -0.801. The summed E-state index contributed by atoms with van der Waals surface area (Å²) in [6.07, 6.45) is 1.31. The van der Waals surface area contributed by atoms with Crippen molar-refractivity contribution in [2.45, 2.75) is 26.5 Å². The normalized spacial score (nSPS) is 24.6. The lowest BCUT2D eigenvalue weighted by Crippen LogP contribution is -2.44. The fourth-order valence-electron chi connectivity index (χ4n) is 0.903. The monoisotopic (exact) mass is 210 g/mol. The van der Waals surface area contributed by atoms with E-state index in [2.05, 4.69) is 0 Å². The van der Waals surface area contributed by atoms with E-state index in [1.54, 1.807) is 13.8 Å². The number of Topliss-reactive ketones (excluding diaryl/α,β-unsaturated/α-hetero) is 1. The van der Waals surface area contributed by atoms with Crippen LogP contribution in [0, 0.1) is 0 Å². The molecule has 0 saturated heterocycles. The summed E-state index contributed by atoms with van der Waals surface area (Å²) in [5.74, 6) is -0.189. The van der Waals surface area contributed by atoms with Gasteiger partial charge in [-0.15, -0.1) is 0 Å². The summed E-state index contributed by atoms with van der Waals surface area (Å²) < 4.78 is 4.59. The number of quaternary nitrogens is 1. The zero-order valence-electron chi connectivity index (χ0n) is 7.10. The highest BCUT2D eigenvalue weighted by molar-refractivity contribution is 6.26. The van der Waals surface area contributed by atoms with Gasteiger partial charge in [0, 0.05) is 20.8 Å². The van der Waals surface area contributed by atoms with Crippen molar-refractivity contribution in [2.75, 3.05) is 0 Å². The lowest BCUT2D eigenvalue weighted by molar-refractivity contribution is -0.728. The summed E-state index contributed by atoms with van der Waals surface area (Å²) in [7, 11) is 0. The van der Waals surface area contributed by atoms with Crippen molar-refractivity contribution in [1.29, 1.82) is 0 Å². The summed E-state index contributed by atoms with van der Waals surface area (Å²) in [5.41, 5.74) is -0.548. The molecule has 0 radical (unpaired) electrons. The van der Waals surface area contributed by atoms with Gasteiger partial charge in [0.2, 0.25) is 5.78 Å². The van der Waals surface area contributed by atoms with Crippen LogP contribution in [-0.4, -0.2) is 15.0 Å². The lowest BCUT2D eigenvalue weighted by atomic mass is 10.3. The quantitative estimate of drug-likeness (QED) is 0.622. The molecule has 1 aliphatic heterocycles. The van der Waals surface area contributed by atoms with E-state index < -0.39 is 9.25 Å². The molecule has 5 heteroatoms. The van der Waals surface area contributed by atoms with E-state index in [1.165, 1.54) is 13.2 Å². The molecule has 3 nitrogen and oxygen atoms in total. The van der Waals surface area contributed by atoms with Gasteiger partial charge in [-0.3, -0.25) is 4.79 Å². The number of rotatable bonds is 1. The molecule has 0 saturated carbocycles. The first-order chi connectivity index (χ1) is 5.29. The van der Waals surface area contributed by atoms with E-state index in [1.807, 2.05) is 0 Å². The van der Waals surface area contributed by atoms with Gasteiger partial charge in [-0.05, 0) is 3.52 Å². The zero-order valence-corrected chi connectivity index (χ0v) is 8.61. The van der Waals surface area contributed by atoms with Gasteiger partial charge in [0.05, 0.1) is 0 Å². The molecule has 0 fully saturated rings. The molecule has 1 heterocycles. The molecule has 0 unspecified atom stereocenters. The Morgan fingerprint density at radius 3 is 2.25 bits per heavy atom. The van der Waals surface area contributed by atoms with Gasteiger partial charge in [-0.25, -0.2) is 0 Å². The molecule has 0 bridgehead atoms. The number of ether oxygens (including phenoxy) is 1. The van der Waals surface area contributed by atoms with Crippen LogP contribution >= 0.6 is 23.6 Å². The molecular formula is C7H10Cl2NO2+. The minimum Gasteiger partial charge on any atom is -0.439 e. The van der Waals surface area contributed by atoms with E-state index in [0.29, 0.717) is 0 Å². The molecular weight excluding hydrogens is 201 g/mol. The third kappa shape index (κ3) is 1.22. The molecule has 0 atom stereocenters. The molecule has 0 aromatic heterocycles.